The van der Waals surface area contributed by atoms with E-state index in [2.05, 4.69) is 21.2 Å². The SMILES string of the molecule is O=[N+]([O-])c1ccc2c(c1Br)NCC2. The fraction of sp³-hybridized carbons (Fsp3) is 0.250. The second-order valence-electron chi connectivity index (χ2n) is 2.87. The minimum Gasteiger partial charge on any atom is -0.383 e. The molecule has 0 radical (unpaired) electrons. The molecule has 13 heavy (non-hydrogen) atoms. The maximum atomic E-state index is 10.6. The molecule has 0 amide bonds. The Morgan fingerprint density at radius 3 is 3.00 bits per heavy atom. The molecule has 0 atom stereocenters. The first-order valence-corrected chi connectivity index (χ1v) is 4.69. The molecule has 68 valence electrons. The Kier molecular flexibility index (Phi) is 1.95. The number of nitro benzene ring substituents is 1. The van der Waals surface area contributed by atoms with Crippen molar-refractivity contribution in [2.45, 2.75) is 6.42 Å². The van der Waals surface area contributed by atoms with Gasteiger partial charge >= 0.3 is 0 Å². The van der Waals surface area contributed by atoms with E-state index in [1.807, 2.05) is 0 Å². The van der Waals surface area contributed by atoms with E-state index in [0.717, 1.165) is 24.2 Å². The number of hydrogen-bond donors (Lipinski definition) is 1. The highest BCUT2D eigenvalue weighted by Crippen LogP contribution is 2.37. The van der Waals surface area contributed by atoms with Gasteiger partial charge in [0.1, 0.15) is 4.47 Å². The maximum absolute atomic E-state index is 10.6. The number of benzene rings is 1. The topological polar surface area (TPSA) is 55.2 Å². The van der Waals surface area contributed by atoms with E-state index >= 15 is 0 Å². The smallest absolute Gasteiger partial charge is 0.285 e. The second kappa shape index (κ2) is 2.99. The molecule has 1 aliphatic rings. The number of anilines is 1. The molecule has 0 saturated heterocycles. The van der Waals surface area contributed by atoms with E-state index in [1.165, 1.54) is 6.07 Å². The van der Waals surface area contributed by atoms with Crippen molar-refractivity contribution in [3.63, 3.8) is 0 Å². The molecule has 0 fully saturated rings. The van der Waals surface area contributed by atoms with Crippen LogP contribution in [0.2, 0.25) is 0 Å². The van der Waals surface area contributed by atoms with E-state index in [-0.39, 0.29) is 10.6 Å². The zero-order valence-corrected chi connectivity index (χ0v) is 8.30. The van der Waals surface area contributed by atoms with Crippen molar-refractivity contribution in [1.29, 1.82) is 0 Å². The van der Waals surface area contributed by atoms with E-state index in [0.29, 0.717) is 4.47 Å². The maximum Gasteiger partial charge on any atom is 0.285 e. The molecule has 0 unspecified atom stereocenters. The lowest BCUT2D eigenvalue weighted by Crippen LogP contribution is -1.94. The first-order chi connectivity index (χ1) is 6.20. The Morgan fingerprint density at radius 2 is 2.31 bits per heavy atom. The van der Waals surface area contributed by atoms with Crippen LogP contribution >= 0.6 is 15.9 Å². The molecule has 1 heterocycles. The fourth-order valence-electron chi connectivity index (χ4n) is 1.47. The summed E-state index contributed by atoms with van der Waals surface area (Å²) < 4.78 is 0.563. The van der Waals surface area contributed by atoms with Crippen molar-refractivity contribution in [1.82, 2.24) is 0 Å². The highest BCUT2D eigenvalue weighted by Gasteiger charge is 2.21. The number of nitrogens with one attached hydrogen (secondary N) is 1. The molecule has 0 spiro atoms. The Bertz CT molecular complexity index is 379. The largest absolute Gasteiger partial charge is 0.383 e. The van der Waals surface area contributed by atoms with Crippen molar-refractivity contribution in [3.05, 3.63) is 32.3 Å². The first-order valence-electron chi connectivity index (χ1n) is 3.90. The third kappa shape index (κ3) is 1.29. The normalized spacial score (nSPS) is 13.6. The Morgan fingerprint density at radius 1 is 1.54 bits per heavy atom. The molecule has 1 aromatic rings. The van der Waals surface area contributed by atoms with Gasteiger partial charge in [-0.05, 0) is 34.0 Å². The van der Waals surface area contributed by atoms with Gasteiger partial charge in [0.25, 0.3) is 5.69 Å². The predicted molar refractivity (Wildman–Crippen MR) is 53.0 cm³/mol. The standard InChI is InChI=1S/C8H7BrN2O2/c9-7-6(11(12)13)2-1-5-3-4-10-8(5)7/h1-2,10H,3-4H2. The monoisotopic (exact) mass is 242 g/mol. The van der Waals surface area contributed by atoms with Crippen LogP contribution in [0.5, 0.6) is 0 Å². The van der Waals surface area contributed by atoms with Crippen LogP contribution in [0.25, 0.3) is 0 Å². The van der Waals surface area contributed by atoms with Gasteiger partial charge in [-0.15, -0.1) is 0 Å². The summed E-state index contributed by atoms with van der Waals surface area (Å²) in [6.45, 7) is 0.856. The van der Waals surface area contributed by atoms with Crippen LogP contribution in [0, 0.1) is 10.1 Å². The van der Waals surface area contributed by atoms with Gasteiger partial charge in [0.2, 0.25) is 0 Å². The summed E-state index contributed by atoms with van der Waals surface area (Å²) in [7, 11) is 0. The van der Waals surface area contributed by atoms with Gasteiger partial charge < -0.3 is 5.32 Å². The minimum atomic E-state index is -0.385. The average molecular weight is 243 g/mol. The average Bonchev–Trinajstić information content (AvgIpc) is 2.52. The van der Waals surface area contributed by atoms with Crippen molar-refractivity contribution < 1.29 is 4.92 Å². The quantitative estimate of drug-likeness (QED) is 0.608. The summed E-state index contributed by atoms with van der Waals surface area (Å²) in [5.41, 5.74) is 2.12. The lowest BCUT2D eigenvalue weighted by molar-refractivity contribution is -0.385. The number of nitrogens with zero attached hydrogens (tertiary/aromatic N) is 1. The lowest BCUT2D eigenvalue weighted by atomic mass is 10.1. The summed E-state index contributed by atoms with van der Waals surface area (Å²) in [5.74, 6) is 0. The van der Waals surface area contributed by atoms with Crippen molar-refractivity contribution in [3.8, 4) is 0 Å². The third-order valence-electron chi connectivity index (χ3n) is 2.10. The molecule has 1 N–H and O–H groups in total. The summed E-state index contributed by atoms with van der Waals surface area (Å²) in [4.78, 5) is 10.2. The van der Waals surface area contributed by atoms with Gasteiger partial charge in [-0.3, -0.25) is 10.1 Å². The molecular weight excluding hydrogens is 236 g/mol. The number of rotatable bonds is 1. The summed E-state index contributed by atoms with van der Waals surface area (Å²) in [5, 5.41) is 13.7. The Hall–Kier alpha value is -1.10. The van der Waals surface area contributed by atoms with Crippen molar-refractivity contribution in [2.24, 2.45) is 0 Å². The summed E-state index contributed by atoms with van der Waals surface area (Å²) in [6.07, 6.45) is 0.936. The van der Waals surface area contributed by atoms with Crippen LogP contribution in [-0.2, 0) is 6.42 Å². The van der Waals surface area contributed by atoms with E-state index in [4.69, 9.17) is 0 Å². The molecule has 4 nitrogen and oxygen atoms in total. The van der Waals surface area contributed by atoms with Crippen LogP contribution < -0.4 is 5.32 Å². The molecule has 0 saturated carbocycles. The Balaban J connectivity index is 2.59. The van der Waals surface area contributed by atoms with Crippen LogP contribution in [0.3, 0.4) is 0 Å². The van der Waals surface area contributed by atoms with Gasteiger partial charge in [0, 0.05) is 12.6 Å². The van der Waals surface area contributed by atoms with Crippen LogP contribution in [-0.4, -0.2) is 11.5 Å². The zero-order valence-electron chi connectivity index (χ0n) is 6.71. The van der Waals surface area contributed by atoms with Gasteiger partial charge in [0.05, 0.1) is 10.6 Å². The van der Waals surface area contributed by atoms with Crippen LogP contribution in [0.4, 0.5) is 11.4 Å². The van der Waals surface area contributed by atoms with Gasteiger partial charge in [-0.25, -0.2) is 0 Å². The van der Waals surface area contributed by atoms with Gasteiger partial charge in [0.15, 0.2) is 0 Å². The molecule has 2 rings (SSSR count). The lowest BCUT2D eigenvalue weighted by Gasteiger charge is -2.02. The number of nitro groups is 1. The fourth-order valence-corrected chi connectivity index (χ4v) is 2.14. The number of hydrogen-bond acceptors (Lipinski definition) is 3. The molecule has 0 aliphatic carbocycles. The minimum absolute atomic E-state index is 0.119. The van der Waals surface area contributed by atoms with Gasteiger partial charge in [-0.1, -0.05) is 0 Å². The van der Waals surface area contributed by atoms with Crippen molar-refractivity contribution >= 4 is 27.3 Å². The second-order valence-corrected chi connectivity index (χ2v) is 3.66. The Labute approximate surface area is 83.2 Å². The molecule has 5 heteroatoms. The highest BCUT2D eigenvalue weighted by atomic mass is 79.9. The highest BCUT2D eigenvalue weighted by molar-refractivity contribution is 9.10. The summed E-state index contributed by atoms with van der Waals surface area (Å²) >= 11 is 3.23. The molecule has 1 aliphatic heterocycles. The first kappa shape index (κ1) is 8.50. The van der Waals surface area contributed by atoms with Gasteiger partial charge in [-0.2, -0.15) is 0 Å². The van der Waals surface area contributed by atoms with Crippen LogP contribution in [0.1, 0.15) is 5.56 Å². The van der Waals surface area contributed by atoms with E-state index in [1.54, 1.807) is 6.07 Å². The molecule has 0 aromatic heterocycles. The van der Waals surface area contributed by atoms with Crippen LogP contribution in [0.15, 0.2) is 16.6 Å². The zero-order chi connectivity index (χ0) is 9.42. The predicted octanol–water partition coefficient (Wildman–Crippen LogP) is 2.33. The van der Waals surface area contributed by atoms with E-state index < -0.39 is 0 Å². The van der Waals surface area contributed by atoms with E-state index in [9.17, 15) is 10.1 Å². The van der Waals surface area contributed by atoms with Crippen molar-refractivity contribution in [2.75, 3.05) is 11.9 Å². The molecular formula is C8H7BrN2O2. The molecule has 1 aromatic carbocycles. The third-order valence-corrected chi connectivity index (χ3v) is 2.90. The molecule has 0 bridgehead atoms. The number of halogens is 1. The summed E-state index contributed by atoms with van der Waals surface area (Å²) in [6, 6.07) is 3.34. The number of fused-ring (bicyclic) bond motifs is 1.